The number of carbonyl (C=O) groups is 1. The molecule has 0 radical (unpaired) electrons. The van der Waals surface area contributed by atoms with Crippen LogP contribution in [0.3, 0.4) is 0 Å². The topological polar surface area (TPSA) is 85.2 Å². The Kier molecular flexibility index (Phi) is 5.12. The van der Waals surface area contributed by atoms with Crippen LogP contribution in [0.1, 0.15) is 12.8 Å². The zero-order chi connectivity index (χ0) is 16.9. The molecule has 2 amide bonds. The zero-order valence-corrected chi connectivity index (χ0v) is 13.6. The first kappa shape index (κ1) is 16.5. The predicted molar refractivity (Wildman–Crippen MR) is 90.8 cm³/mol. The summed E-state index contributed by atoms with van der Waals surface area (Å²) in [6.07, 6.45) is 4.91. The highest BCUT2D eigenvalue weighted by Gasteiger charge is 2.17. The molecule has 24 heavy (non-hydrogen) atoms. The van der Waals surface area contributed by atoms with E-state index in [1.54, 1.807) is 24.3 Å². The third kappa shape index (κ3) is 3.93. The molecule has 126 valence electrons. The summed E-state index contributed by atoms with van der Waals surface area (Å²) in [5.74, 6) is -0.0534. The van der Waals surface area contributed by atoms with Crippen LogP contribution in [0.5, 0.6) is 0 Å². The Morgan fingerprint density at radius 3 is 3.08 bits per heavy atom. The number of rotatable bonds is 4. The van der Waals surface area contributed by atoms with Crippen molar-refractivity contribution >= 4 is 23.4 Å². The van der Waals surface area contributed by atoms with Crippen LogP contribution >= 0.6 is 11.6 Å². The van der Waals surface area contributed by atoms with Gasteiger partial charge in [0.1, 0.15) is 0 Å². The van der Waals surface area contributed by atoms with E-state index in [0.717, 1.165) is 19.4 Å². The van der Waals surface area contributed by atoms with Crippen molar-refractivity contribution < 1.29 is 9.53 Å². The van der Waals surface area contributed by atoms with Crippen molar-refractivity contribution in [3.63, 3.8) is 0 Å². The van der Waals surface area contributed by atoms with Gasteiger partial charge < -0.3 is 10.1 Å². The summed E-state index contributed by atoms with van der Waals surface area (Å²) < 4.78 is 6.80. The highest BCUT2D eigenvalue weighted by atomic mass is 35.5. The molecule has 1 atom stereocenters. The van der Waals surface area contributed by atoms with Crippen molar-refractivity contribution in [3.8, 4) is 5.69 Å². The van der Waals surface area contributed by atoms with Crippen LogP contribution < -0.4 is 16.2 Å². The first-order chi connectivity index (χ1) is 11.6. The minimum Gasteiger partial charge on any atom is -0.376 e. The number of nitrogens with zero attached hydrogens (tertiary/aromatic N) is 2. The summed E-state index contributed by atoms with van der Waals surface area (Å²) in [7, 11) is 0. The molecule has 0 aliphatic carbocycles. The summed E-state index contributed by atoms with van der Waals surface area (Å²) >= 11 is 5.95. The van der Waals surface area contributed by atoms with Gasteiger partial charge in [0, 0.05) is 30.6 Å². The number of hydrogen-bond acceptors (Lipinski definition) is 4. The van der Waals surface area contributed by atoms with Crippen LogP contribution in [0.4, 0.5) is 10.6 Å². The van der Waals surface area contributed by atoms with Crippen LogP contribution in [-0.2, 0) is 4.74 Å². The number of nitrogens with one attached hydrogen (secondary N) is 2. The smallest absolute Gasteiger partial charge is 0.320 e. The molecule has 1 aliphatic heterocycles. The van der Waals surface area contributed by atoms with E-state index in [-0.39, 0.29) is 11.9 Å². The predicted octanol–water partition coefficient (Wildman–Crippen LogP) is 2.19. The Balaban J connectivity index is 1.71. The van der Waals surface area contributed by atoms with E-state index < -0.39 is 11.6 Å². The van der Waals surface area contributed by atoms with Gasteiger partial charge in [-0.3, -0.25) is 14.7 Å². The Morgan fingerprint density at radius 1 is 1.46 bits per heavy atom. The normalized spacial score (nSPS) is 16.8. The molecular formula is C16H17ClN4O3. The van der Waals surface area contributed by atoms with Crippen LogP contribution in [0.15, 0.2) is 41.5 Å². The van der Waals surface area contributed by atoms with E-state index in [1.807, 2.05) is 0 Å². The maximum Gasteiger partial charge on any atom is 0.320 e. The molecule has 1 aromatic carbocycles. The molecule has 0 spiro atoms. The average Bonchev–Trinajstić information content (AvgIpc) is 3.08. The average molecular weight is 349 g/mol. The molecule has 0 bridgehead atoms. The van der Waals surface area contributed by atoms with Crippen LogP contribution in [0.25, 0.3) is 5.69 Å². The lowest BCUT2D eigenvalue weighted by Gasteiger charge is -2.12. The van der Waals surface area contributed by atoms with Gasteiger partial charge in [-0.1, -0.05) is 17.7 Å². The SMILES string of the molecule is O=C(NC[C@@H]1CCCO1)Nc1nccn(-c2cccc(Cl)c2)c1=O. The maximum atomic E-state index is 12.5. The maximum absolute atomic E-state index is 12.5. The van der Waals surface area contributed by atoms with Gasteiger partial charge in [-0.25, -0.2) is 9.78 Å². The van der Waals surface area contributed by atoms with Crippen molar-refractivity contribution in [1.82, 2.24) is 14.9 Å². The van der Waals surface area contributed by atoms with Crippen molar-refractivity contribution in [2.75, 3.05) is 18.5 Å². The van der Waals surface area contributed by atoms with E-state index in [9.17, 15) is 9.59 Å². The molecule has 2 aromatic rings. The molecule has 0 unspecified atom stereocenters. The lowest BCUT2D eigenvalue weighted by molar-refractivity contribution is 0.112. The van der Waals surface area contributed by atoms with Crippen LogP contribution in [0, 0.1) is 0 Å². The minimum atomic E-state index is -0.487. The largest absolute Gasteiger partial charge is 0.376 e. The van der Waals surface area contributed by atoms with Crippen molar-refractivity contribution in [3.05, 3.63) is 52.0 Å². The fraction of sp³-hybridized carbons (Fsp3) is 0.312. The van der Waals surface area contributed by atoms with Gasteiger partial charge in [0.15, 0.2) is 0 Å². The van der Waals surface area contributed by atoms with Gasteiger partial charge in [-0.2, -0.15) is 0 Å². The molecule has 1 fully saturated rings. The minimum absolute atomic E-state index is 0.0302. The third-order valence-electron chi connectivity index (χ3n) is 3.67. The van der Waals surface area contributed by atoms with Crippen molar-refractivity contribution in [2.24, 2.45) is 0 Å². The number of ether oxygens (including phenoxy) is 1. The van der Waals surface area contributed by atoms with E-state index in [0.29, 0.717) is 17.3 Å². The second-order valence-corrected chi connectivity index (χ2v) is 5.84. The first-order valence-electron chi connectivity index (χ1n) is 7.63. The number of anilines is 1. The van der Waals surface area contributed by atoms with Gasteiger partial charge in [-0.15, -0.1) is 0 Å². The number of urea groups is 1. The first-order valence-corrected chi connectivity index (χ1v) is 8.01. The van der Waals surface area contributed by atoms with Gasteiger partial charge >= 0.3 is 6.03 Å². The van der Waals surface area contributed by atoms with Gasteiger partial charge in [0.05, 0.1) is 11.8 Å². The Bertz CT molecular complexity index is 787. The highest BCUT2D eigenvalue weighted by Crippen LogP contribution is 2.13. The molecule has 3 rings (SSSR count). The molecule has 1 aliphatic rings. The lowest BCUT2D eigenvalue weighted by Crippen LogP contribution is -2.37. The molecule has 1 aromatic heterocycles. The number of hydrogen-bond donors (Lipinski definition) is 2. The summed E-state index contributed by atoms with van der Waals surface area (Å²) in [6, 6.07) is 6.37. The Morgan fingerprint density at radius 2 is 2.33 bits per heavy atom. The number of carbonyl (C=O) groups excluding carboxylic acids is 1. The molecule has 2 N–H and O–H groups in total. The monoisotopic (exact) mass is 348 g/mol. The number of halogens is 1. The summed E-state index contributed by atoms with van der Waals surface area (Å²) in [5, 5.41) is 5.67. The highest BCUT2D eigenvalue weighted by molar-refractivity contribution is 6.30. The van der Waals surface area contributed by atoms with Crippen LogP contribution in [-0.4, -0.2) is 34.8 Å². The second-order valence-electron chi connectivity index (χ2n) is 5.40. The van der Waals surface area contributed by atoms with E-state index in [4.69, 9.17) is 16.3 Å². The number of aromatic nitrogens is 2. The van der Waals surface area contributed by atoms with Gasteiger partial charge in [0.25, 0.3) is 5.56 Å². The zero-order valence-electron chi connectivity index (χ0n) is 12.9. The second kappa shape index (κ2) is 7.46. The van der Waals surface area contributed by atoms with E-state index in [1.165, 1.54) is 17.0 Å². The fourth-order valence-corrected chi connectivity index (χ4v) is 2.67. The van der Waals surface area contributed by atoms with Crippen LogP contribution in [0.2, 0.25) is 5.02 Å². The summed E-state index contributed by atoms with van der Waals surface area (Å²) in [6.45, 7) is 1.12. The molecule has 0 saturated carbocycles. The molecular weight excluding hydrogens is 332 g/mol. The standard InChI is InChI=1S/C16H17ClN4O3/c17-11-3-1-4-12(9-11)21-7-6-18-14(15(21)22)20-16(23)19-10-13-5-2-8-24-13/h1,3-4,6-7,9,13H,2,5,8,10H2,(H2,18,19,20,23)/t13-/m0/s1. The Hall–Kier alpha value is -2.38. The lowest BCUT2D eigenvalue weighted by atomic mass is 10.2. The van der Waals surface area contributed by atoms with Crippen molar-refractivity contribution in [1.29, 1.82) is 0 Å². The van der Waals surface area contributed by atoms with Crippen molar-refractivity contribution in [2.45, 2.75) is 18.9 Å². The molecule has 7 nitrogen and oxygen atoms in total. The van der Waals surface area contributed by atoms with Gasteiger partial charge in [-0.05, 0) is 31.0 Å². The molecule has 8 heteroatoms. The Labute approximate surface area is 143 Å². The molecule has 2 heterocycles. The fourth-order valence-electron chi connectivity index (χ4n) is 2.49. The summed E-state index contributed by atoms with van der Waals surface area (Å²) in [5.41, 5.74) is 0.157. The number of benzene rings is 1. The van der Waals surface area contributed by atoms with E-state index in [2.05, 4.69) is 15.6 Å². The quantitative estimate of drug-likeness (QED) is 0.886. The van der Waals surface area contributed by atoms with Gasteiger partial charge in [0.2, 0.25) is 5.82 Å². The summed E-state index contributed by atoms with van der Waals surface area (Å²) in [4.78, 5) is 28.3. The van der Waals surface area contributed by atoms with E-state index >= 15 is 0 Å². The molecule has 1 saturated heterocycles. The third-order valence-corrected chi connectivity index (χ3v) is 3.91. The number of amides is 2.